The molecule has 6 rings (SSSR count). The van der Waals surface area contributed by atoms with E-state index in [1.165, 1.54) is 0 Å². The van der Waals surface area contributed by atoms with Crippen LogP contribution in [0.25, 0.3) is 0 Å². The van der Waals surface area contributed by atoms with Gasteiger partial charge >= 0.3 is 31.7 Å². The first kappa shape index (κ1) is 68.5. The number of benzene rings is 3. The second kappa shape index (κ2) is 34.6. The van der Waals surface area contributed by atoms with Crippen LogP contribution in [-0.2, 0) is 116 Å². The van der Waals surface area contributed by atoms with E-state index in [4.69, 9.17) is 56.2 Å². The number of phosphoric acid groups is 1. The lowest BCUT2D eigenvalue weighted by Gasteiger charge is -2.47. The fourth-order valence-electron chi connectivity index (χ4n) is 9.61. The van der Waals surface area contributed by atoms with Crippen molar-refractivity contribution in [2.75, 3.05) is 13.2 Å². The van der Waals surface area contributed by atoms with Crippen molar-refractivity contribution >= 4 is 43.5 Å². The third kappa shape index (κ3) is 21.3. The van der Waals surface area contributed by atoms with E-state index in [2.05, 4.69) is 10.6 Å². The summed E-state index contributed by atoms with van der Waals surface area (Å²) in [5.41, 5.74) is 2.82. The quantitative estimate of drug-likeness (QED) is 0.0301. The third-order valence-corrected chi connectivity index (χ3v) is 16.5. The summed E-state index contributed by atoms with van der Waals surface area (Å²) in [6.07, 6.45) is -13.1. The molecule has 2 amide bonds. The average molecular weight is 1210 g/mol. The standard InChI is InChI=1S/C62H87N2O20P/c1-9-39(7)29-49(65)63-55-59(82-53(69)30-40(8)10-2)57(74-34-42-25-19-16-20-26-42)48(80-61(55)71)38-75-62-56(64-50(66)31-45(11-3)78-51(67)13-5)60(83-54(70)32-46(12-4)79-52(68)14-6)58(47(81-62)37-73-33-41-23-17-15-18-24-41)84-85(72)76-35-43-27-21-22-28-44(43)36-77-85/h15-28,39-40,45-48,55-62,71H,9-14,29-38H2,1-8H3,(H,63,65)(H,64,66)/t39-,40-,45-,46-,47?,48?,55?,56?,57+,58-,59-,60-,61?,62-/m1/s1. The number of carbonyl (C=O) groups excluding carboxylic acids is 6. The smallest absolute Gasteiger partial charge is 0.462 e. The van der Waals surface area contributed by atoms with E-state index in [1.807, 2.05) is 88.4 Å². The van der Waals surface area contributed by atoms with Crippen molar-refractivity contribution in [3.63, 3.8) is 0 Å². The summed E-state index contributed by atoms with van der Waals surface area (Å²) in [6, 6.07) is 22.5. The molecular formula is C62H87N2O20P. The van der Waals surface area contributed by atoms with Crippen molar-refractivity contribution in [1.29, 1.82) is 0 Å². The van der Waals surface area contributed by atoms with Crippen LogP contribution >= 0.6 is 7.82 Å². The lowest BCUT2D eigenvalue weighted by Crippen LogP contribution is -2.68. The minimum Gasteiger partial charge on any atom is -0.462 e. The lowest BCUT2D eigenvalue weighted by molar-refractivity contribution is -0.304. The van der Waals surface area contributed by atoms with Gasteiger partial charge in [-0.2, -0.15) is 0 Å². The van der Waals surface area contributed by atoms with Crippen molar-refractivity contribution < 1.29 is 94.6 Å². The van der Waals surface area contributed by atoms with Gasteiger partial charge in [0.1, 0.15) is 48.7 Å². The monoisotopic (exact) mass is 1210 g/mol. The molecule has 5 unspecified atom stereocenters. The van der Waals surface area contributed by atoms with Gasteiger partial charge in [-0.1, -0.05) is 153 Å². The topological polar surface area (TPSA) is 275 Å². The summed E-state index contributed by atoms with van der Waals surface area (Å²) in [7, 11) is -4.68. The molecule has 3 aliphatic rings. The number of ether oxygens (including phenoxy) is 9. The average Bonchev–Trinajstić information content (AvgIpc) is 2.61. The Hall–Kier alpha value is -5.65. The van der Waals surface area contributed by atoms with E-state index in [0.29, 0.717) is 24.0 Å². The van der Waals surface area contributed by atoms with E-state index in [0.717, 1.165) is 11.1 Å². The fraction of sp³-hybridized carbons (Fsp3) is 0.613. The molecule has 470 valence electrons. The molecule has 0 bridgehead atoms. The molecule has 3 heterocycles. The van der Waals surface area contributed by atoms with Crippen LogP contribution in [0.1, 0.15) is 142 Å². The zero-order valence-corrected chi connectivity index (χ0v) is 51.0. The number of fused-ring (bicyclic) bond motifs is 1. The van der Waals surface area contributed by atoms with Crippen LogP contribution in [0.2, 0.25) is 0 Å². The van der Waals surface area contributed by atoms with Gasteiger partial charge in [0.05, 0.1) is 52.5 Å². The number of phosphoric ester groups is 1. The van der Waals surface area contributed by atoms with Crippen molar-refractivity contribution in [1.82, 2.24) is 10.6 Å². The summed E-state index contributed by atoms with van der Waals surface area (Å²) in [5.74, 6) is -3.95. The molecule has 14 atom stereocenters. The van der Waals surface area contributed by atoms with E-state index >= 15 is 4.57 Å². The SMILES string of the molecule is CCC(=O)O[C@H](CC)CC(=O)NC1[C@H](OCC2OC(O)C(NC(=O)C[C@H](C)CC)[C@@H](OC(=O)C[C@H](C)CC)[C@H]2OCc2ccccc2)OC(COCc2ccccc2)[C@@H](OP2(=O)OCc3ccccc3CO2)[C@@H]1OC(=O)C[C@@H](CC)OC(=O)CC. The Balaban J connectivity index is 1.46. The Morgan fingerprint density at radius 3 is 1.61 bits per heavy atom. The van der Waals surface area contributed by atoms with Gasteiger partial charge in [0, 0.05) is 25.7 Å². The maximum atomic E-state index is 15.0. The molecule has 85 heavy (non-hydrogen) atoms. The lowest BCUT2D eigenvalue weighted by atomic mass is 9.94. The Kier molecular flexibility index (Phi) is 27.9. The van der Waals surface area contributed by atoms with Crippen molar-refractivity contribution in [2.45, 2.75) is 220 Å². The molecule has 3 aliphatic heterocycles. The van der Waals surface area contributed by atoms with Gasteiger partial charge in [-0.05, 0) is 46.9 Å². The van der Waals surface area contributed by atoms with Crippen molar-refractivity contribution in [3.05, 3.63) is 107 Å². The van der Waals surface area contributed by atoms with Crippen molar-refractivity contribution in [2.24, 2.45) is 11.8 Å². The Bertz CT molecular complexity index is 2600. The van der Waals surface area contributed by atoms with Crippen LogP contribution in [0.4, 0.5) is 0 Å². The first-order valence-electron chi connectivity index (χ1n) is 29.8. The number of esters is 4. The Morgan fingerprint density at radius 2 is 1.05 bits per heavy atom. The largest absolute Gasteiger partial charge is 0.475 e. The molecule has 3 aromatic rings. The van der Waals surface area contributed by atoms with Crippen molar-refractivity contribution in [3.8, 4) is 0 Å². The summed E-state index contributed by atoms with van der Waals surface area (Å²) in [5, 5.41) is 17.7. The molecule has 3 aromatic carbocycles. The highest BCUT2D eigenvalue weighted by atomic mass is 31.2. The van der Waals surface area contributed by atoms with E-state index in [1.54, 1.807) is 52.0 Å². The third-order valence-electron chi connectivity index (χ3n) is 15.1. The summed E-state index contributed by atoms with van der Waals surface area (Å²) >= 11 is 0. The molecule has 0 saturated carbocycles. The van der Waals surface area contributed by atoms with Crippen LogP contribution in [-0.4, -0.2) is 128 Å². The highest BCUT2D eigenvalue weighted by Crippen LogP contribution is 2.55. The molecule has 0 aliphatic carbocycles. The number of amides is 2. The summed E-state index contributed by atoms with van der Waals surface area (Å²) in [6.45, 7) is 13.0. The first-order valence-corrected chi connectivity index (χ1v) is 31.2. The molecule has 22 nitrogen and oxygen atoms in total. The number of aliphatic hydroxyl groups is 1. The minimum atomic E-state index is -4.68. The zero-order valence-electron chi connectivity index (χ0n) is 50.1. The summed E-state index contributed by atoms with van der Waals surface area (Å²) < 4.78 is 90.0. The molecule has 3 N–H and O–H groups in total. The maximum Gasteiger partial charge on any atom is 0.475 e. The molecule has 0 aromatic heterocycles. The van der Waals surface area contributed by atoms with Crippen LogP contribution in [0.3, 0.4) is 0 Å². The maximum absolute atomic E-state index is 15.0. The fourth-order valence-corrected chi connectivity index (χ4v) is 11.0. The number of nitrogens with one attached hydrogen (secondary N) is 2. The molecule has 0 radical (unpaired) electrons. The molecule has 2 fully saturated rings. The van der Waals surface area contributed by atoms with Gasteiger partial charge in [0.2, 0.25) is 11.8 Å². The van der Waals surface area contributed by atoms with Gasteiger partial charge in [-0.25, -0.2) is 4.57 Å². The predicted octanol–water partition coefficient (Wildman–Crippen LogP) is 8.40. The Labute approximate surface area is 498 Å². The van der Waals surface area contributed by atoms with Gasteiger partial charge < -0.3 is 58.4 Å². The van der Waals surface area contributed by atoms with Gasteiger partial charge in [-0.3, -0.25) is 42.3 Å². The van der Waals surface area contributed by atoms with Crippen LogP contribution in [0, 0.1) is 11.8 Å². The number of hydrogen-bond donors (Lipinski definition) is 3. The minimum absolute atomic E-state index is 0.00491. The first-order chi connectivity index (χ1) is 40.9. The van der Waals surface area contributed by atoms with Gasteiger partial charge in [0.25, 0.3) is 0 Å². The second-order valence-electron chi connectivity index (χ2n) is 21.7. The molecule has 0 spiro atoms. The van der Waals surface area contributed by atoms with Crippen LogP contribution in [0.15, 0.2) is 84.9 Å². The van der Waals surface area contributed by atoms with E-state index in [-0.39, 0.29) is 83.4 Å². The van der Waals surface area contributed by atoms with Gasteiger partial charge in [-0.15, -0.1) is 0 Å². The highest BCUT2D eigenvalue weighted by molar-refractivity contribution is 7.48. The number of rotatable bonds is 32. The van der Waals surface area contributed by atoms with Crippen LogP contribution < -0.4 is 10.6 Å². The second-order valence-corrected chi connectivity index (χ2v) is 23.3. The summed E-state index contributed by atoms with van der Waals surface area (Å²) in [4.78, 5) is 81.8. The normalized spacial score (nSPS) is 25.1. The molecular weight excluding hydrogens is 1120 g/mol. The van der Waals surface area contributed by atoms with E-state index in [9.17, 15) is 33.9 Å². The van der Waals surface area contributed by atoms with E-state index < -0.39 is 136 Å². The number of carbonyl (C=O) groups is 6. The molecule has 2 saturated heterocycles. The molecule has 23 heteroatoms. The number of hydrogen-bond acceptors (Lipinski definition) is 20. The van der Waals surface area contributed by atoms with Gasteiger partial charge in [0.15, 0.2) is 24.8 Å². The number of aliphatic hydroxyl groups excluding tert-OH is 1. The Morgan fingerprint density at radius 1 is 0.553 bits per heavy atom. The highest BCUT2D eigenvalue weighted by Gasteiger charge is 2.55. The zero-order chi connectivity index (χ0) is 61.5. The van der Waals surface area contributed by atoms with Crippen LogP contribution in [0.5, 0.6) is 0 Å². The predicted molar refractivity (Wildman–Crippen MR) is 307 cm³/mol.